The van der Waals surface area contributed by atoms with Crippen LogP contribution in [0.15, 0.2) is 18.2 Å². The maximum absolute atomic E-state index is 13.2. The van der Waals surface area contributed by atoms with E-state index in [4.69, 9.17) is 0 Å². The molecule has 0 aliphatic carbocycles. The van der Waals surface area contributed by atoms with Gasteiger partial charge in [0.05, 0.1) is 5.56 Å². The minimum absolute atomic E-state index is 0.0444. The van der Waals surface area contributed by atoms with Crippen LogP contribution in [0.5, 0.6) is 0 Å². The predicted molar refractivity (Wildman–Crippen MR) is 74.7 cm³/mol. The first-order valence-corrected chi connectivity index (χ1v) is 8.10. The van der Waals surface area contributed by atoms with E-state index in [0.29, 0.717) is 0 Å². The SMILES string of the molecule is CC.Cc1ccc(F)c(C(=O)NNSI)c1. The normalized spacial score (nSPS) is 9.06. The lowest BCUT2D eigenvalue weighted by Crippen LogP contribution is -2.32. The molecule has 0 saturated heterocycles. The van der Waals surface area contributed by atoms with E-state index in [2.05, 4.69) is 10.3 Å². The summed E-state index contributed by atoms with van der Waals surface area (Å²) in [7, 11) is 1.20. The largest absolute Gasteiger partial charge is 0.277 e. The highest BCUT2D eigenvalue weighted by molar-refractivity contribution is 14.2. The highest BCUT2D eigenvalue weighted by Gasteiger charge is 2.10. The fourth-order valence-electron chi connectivity index (χ4n) is 0.946. The molecular weight excluding hydrogens is 342 g/mol. The minimum atomic E-state index is -0.520. The van der Waals surface area contributed by atoms with Crippen LogP contribution in [0.2, 0.25) is 0 Å². The number of hydrogen-bond acceptors (Lipinski definition) is 3. The maximum Gasteiger partial charge on any atom is 0.269 e. The molecule has 1 aromatic rings. The Morgan fingerprint density at radius 1 is 1.44 bits per heavy atom. The second kappa shape index (κ2) is 8.77. The Bertz CT molecular complexity index is 350. The number of nitrogens with one attached hydrogen (secondary N) is 2. The quantitative estimate of drug-likeness (QED) is 0.496. The number of aryl methyl sites for hydroxylation is 1. The summed E-state index contributed by atoms with van der Waals surface area (Å²) in [4.78, 5) is 13.9. The first-order chi connectivity index (χ1) is 7.65. The molecule has 0 bridgehead atoms. The second-order valence-corrected chi connectivity index (χ2v) is 4.30. The Hall–Kier alpha value is -0.340. The summed E-state index contributed by atoms with van der Waals surface area (Å²) in [6.07, 6.45) is 0. The molecule has 1 aromatic carbocycles. The number of amides is 1. The van der Waals surface area contributed by atoms with Crippen LogP contribution in [0.3, 0.4) is 0 Å². The zero-order chi connectivity index (χ0) is 12.6. The summed E-state index contributed by atoms with van der Waals surface area (Å²) in [6, 6.07) is 4.40. The van der Waals surface area contributed by atoms with E-state index in [1.165, 1.54) is 21.3 Å². The molecule has 0 heterocycles. The molecule has 0 aliphatic rings. The number of hydrogen-bond donors (Lipinski definition) is 2. The van der Waals surface area contributed by atoms with Crippen LogP contribution in [-0.2, 0) is 0 Å². The molecule has 0 aliphatic heterocycles. The van der Waals surface area contributed by atoms with Gasteiger partial charge in [-0.15, -0.1) is 0 Å². The summed E-state index contributed by atoms with van der Waals surface area (Å²) in [5, 5.41) is 0. The van der Waals surface area contributed by atoms with Crippen LogP contribution >= 0.6 is 30.3 Å². The van der Waals surface area contributed by atoms with Gasteiger partial charge in [-0.2, -0.15) is 4.83 Å². The van der Waals surface area contributed by atoms with Gasteiger partial charge in [0.1, 0.15) is 5.82 Å². The summed E-state index contributed by atoms with van der Waals surface area (Å²) < 4.78 is 13.2. The monoisotopic (exact) mass is 356 g/mol. The lowest BCUT2D eigenvalue weighted by atomic mass is 10.1. The van der Waals surface area contributed by atoms with Gasteiger partial charge < -0.3 is 0 Å². The molecule has 2 N–H and O–H groups in total. The van der Waals surface area contributed by atoms with Gasteiger partial charge in [-0.25, -0.2) is 4.39 Å². The summed E-state index contributed by atoms with van der Waals surface area (Å²) >= 11 is 1.95. The van der Waals surface area contributed by atoms with Gasteiger partial charge in [0.15, 0.2) is 0 Å². The summed E-state index contributed by atoms with van der Waals surface area (Å²) in [5.74, 6) is -0.997. The van der Waals surface area contributed by atoms with E-state index in [1.54, 1.807) is 13.0 Å². The van der Waals surface area contributed by atoms with Crippen LogP contribution < -0.4 is 10.3 Å². The molecule has 0 spiro atoms. The average Bonchev–Trinajstić information content (AvgIpc) is 2.31. The minimum Gasteiger partial charge on any atom is -0.277 e. The molecule has 0 atom stereocenters. The third kappa shape index (κ3) is 5.13. The van der Waals surface area contributed by atoms with Crippen LogP contribution in [0.1, 0.15) is 29.8 Å². The lowest BCUT2D eigenvalue weighted by Gasteiger charge is -2.05. The van der Waals surface area contributed by atoms with Crippen molar-refractivity contribution in [3.63, 3.8) is 0 Å². The van der Waals surface area contributed by atoms with Crippen LogP contribution in [0, 0.1) is 12.7 Å². The predicted octanol–water partition coefficient (Wildman–Crippen LogP) is 3.39. The topological polar surface area (TPSA) is 41.1 Å². The van der Waals surface area contributed by atoms with Crippen molar-refractivity contribution in [1.29, 1.82) is 0 Å². The highest BCUT2D eigenvalue weighted by Crippen LogP contribution is 2.10. The molecule has 1 amide bonds. The van der Waals surface area contributed by atoms with E-state index in [0.717, 1.165) is 5.56 Å². The molecule has 0 unspecified atom stereocenters. The number of benzene rings is 1. The summed E-state index contributed by atoms with van der Waals surface area (Å²) in [5.41, 5.74) is 3.23. The summed E-state index contributed by atoms with van der Waals surface area (Å²) in [6.45, 7) is 5.80. The number of carbonyl (C=O) groups excluding carboxylic acids is 1. The number of halogens is 2. The van der Waals surface area contributed by atoms with E-state index in [-0.39, 0.29) is 5.56 Å². The van der Waals surface area contributed by atoms with Crippen molar-refractivity contribution < 1.29 is 9.18 Å². The average molecular weight is 356 g/mol. The van der Waals surface area contributed by atoms with Gasteiger partial charge in [-0.3, -0.25) is 10.2 Å². The Morgan fingerprint density at radius 2 is 2.06 bits per heavy atom. The molecular formula is C10H14FIN2OS. The molecule has 0 radical (unpaired) electrons. The maximum atomic E-state index is 13.2. The van der Waals surface area contributed by atoms with Crippen molar-refractivity contribution in [3.05, 3.63) is 35.1 Å². The smallest absolute Gasteiger partial charge is 0.269 e. The third-order valence-electron chi connectivity index (χ3n) is 1.57. The Morgan fingerprint density at radius 3 is 2.62 bits per heavy atom. The van der Waals surface area contributed by atoms with Crippen molar-refractivity contribution in [2.75, 3.05) is 0 Å². The second-order valence-electron chi connectivity index (χ2n) is 2.62. The van der Waals surface area contributed by atoms with E-state index >= 15 is 0 Å². The highest BCUT2D eigenvalue weighted by atomic mass is 127. The van der Waals surface area contributed by atoms with Gasteiger partial charge in [0.2, 0.25) is 0 Å². The molecule has 0 aromatic heterocycles. The molecule has 16 heavy (non-hydrogen) atoms. The lowest BCUT2D eigenvalue weighted by molar-refractivity contribution is 0.0943. The Balaban J connectivity index is 0.00000106. The molecule has 0 saturated carbocycles. The molecule has 0 fully saturated rings. The van der Waals surface area contributed by atoms with Gasteiger partial charge in [0, 0.05) is 30.3 Å². The zero-order valence-corrected chi connectivity index (χ0v) is 12.3. The zero-order valence-electron chi connectivity index (χ0n) is 9.30. The van der Waals surface area contributed by atoms with Gasteiger partial charge in [-0.1, -0.05) is 25.5 Å². The fourth-order valence-corrected chi connectivity index (χ4v) is 1.41. The van der Waals surface area contributed by atoms with Crippen molar-refractivity contribution in [2.45, 2.75) is 20.8 Å². The van der Waals surface area contributed by atoms with Crippen molar-refractivity contribution in [2.24, 2.45) is 0 Å². The number of carbonyl (C=O) groups is 1. The first kappa shape index (κ1) is 15.7. The molecule has 3 nitrogen and oxygen atoms in total. The fraction of sp³-hybridized carbons (Fsp3) is 0.300. The first-order valence-electron chi connectivity index (χ1n) is 4.74. The Labute approximate surface area is 111 Å². The van der Waals surface area contributed by atoms with Gasteiger partial charge >= 0.3 is 0 Å². The van der Waals surface area contributed by atoms with E-state index in [1.807, 2.05) is 35.1 Å². The molecule has 6 heteroatoms. The van der Waals surface area contributed by atoms with E-state index < -0.39 is 11.7 Å². The Kier molecular flexibility index (Phi) is 8.58. The van der Waals surface area contributed by atoms with Gasteiger partial charge in [0.25, 0.3) is 5.91 Å². The van der Waals surface area contributed by atoms with Crippen molar-refractivity contribution in [1.82, 2.24) is 10.3 Å². The third-order valence-corrected chi connectivity index (χ3v) is 2.41. The van der Waals surface area contributed by atoms with Crippen molar-refractivity contribution in [3.8, 4) is 0 Å². The van der Waals surface area contributed by atoms with Crippen LogP contribution in [0.4, 0.5) is 4.39 Å². The van der Waals surface area contributed by atoms with Crippen LogP contribution in [-0.4, -0.2) is 5.91 Å². The van der Waals surface area contributed by atoms with Crippen molar-refractivity contribution >= 4 is 36.2 Å². The number of hydrazine groups is 1. The van der Waals surface area contributed by atoms with Gasteiger partial charge in [-0.05, 0) is 19.1 Å². The van der Waals surface area contributed by atoms with E-state index in [9.17, 15) is 9.18 Å². The standard InChI is InChI=1S/C8H8FIN2OS.C2H6/c1-5-2-3-7(9)6(4-5)8(13)11-12-14-10;1-2/h2-4,12H,1H3,(H,11,13);1-2H3. The molecule has 1 rings (SSSR count). The number of rotatable bonds is 3. The molecule has 90 valence electrons. The van der Waals surface area contributed by atoms with Crippen LogP contribution in [0.25, 0.3) is 0 Å².